The summed E-state index contributed by atoms with van der Waals surface area (Å²) in [5.41, 5.74) is 2.08. The summed E-state index contributed by atoms with van der Waals surface area (Å²) < 4.78 is 15.3. The van der Waals surface area contributed by atoms with E-state index in [2.05, 4.69) is 12.0 Å². The zero-order valence-corrected chi connectivity index (χ0v) is 10.1. The lowest BCUT2D eigenvalue weighted by Gasteiger charge is -2.01. The Morgan fingerprint density at radius 2 is 2.24 bits per heavy atom. The predicted octanol–water partition coefficient (Wildman–Crippen LogP) is 3.54. The van der Waals surface area contributed by atoms with Crippen LogP contribution in [0.4, 0.5) is 4.39 Å². The fourth-order valence-electron chi connectivity index (χ4n) is 2.36. The predicted molar refractivity (Wildman–Crippen MR) is 66.4 cm³/mol. The van der Waals surface area contributed by atoms with Crippen LogP contribution in [0.3, 0.4) is 0 Å². The first-order valence-corrected chi connectivity index (χ1v) is 6.43. The minimum atomic E-state index is -0.172. The lowest BCUT2D eigenvalue weighted by Crippen LogP contribution is -2.01. The molecular formula is C14H17FN2. The van der Waals surface area contributed by atoms with Gasteiger partial charge in [-0.3, -0.25) is 4.68 Å². The number of fused-ring (bicyclic) bond motifs is 1. The number of aromatic nitrogens is 2. The van der Waals surface area contributed by atoms with Crippen LogP contribution in [0.15, 0.2) is 18.2 Å². The molecule has 1 fully saturated rings. The quantitative estimate of drug-likeness (QED) is 0.788. The molecule has 0 unspecified atom stereocenters. The smallest absolute Gasteiger partial charge is 0.124 e. The highest BCUT2D eigenvalue weighted by Gasteiger charge is 2.21. The van der Waals surface area contributed by atoms with Gasteiger partial charge in [0.2, 0.25) is 0 Å². The highest BCUT2D eigenvalue weighted by Crippen LogP contribution is 2.33. The van der Waals surface area contributed by atoms with Gasteiger partial charge in [-0.25, -0.2) is 4.39 Å². The molecule has 0 radical (unpaired) electrons. The Balaban J connectivity index is 1.98. The largest absolute Gasteiger partial charge is 0.265 e. The number of aryl methyl sites for hydroxylation is 2. The second-order valence-corrected chi connectivity index (χ2v) is 4.92. The van der Waals surface area contributed by atoms with Crippen LogP contribution in [0.1, 0.15) is 31.9 Å². The Morgan fingerprint density at radius 3 is 2.94 bits per heavy atom. The van der Waals surface area contributed by atoms with E-state index in [0.29, 0.717) is 0 Å². The van der Waals surface area contributed by atoms with Crippen molar-refractivity contribution in [1.82, 2.24) is 9.78 Å². The number of hydrogen-bond acceptors (Lipinski definition) is 1. The topological polar surface area (TPSA) is 17.8 Å². The first-order valence-electron chi connectivity index (χ1n) is 6.43. The average Bonchev–Trinajstić information content (AvgIpc) is 3.09. The second kappa shape index (κ2) is 4.13. The molecule has 0 spiro atoms. The van der Waals surface area contributed by atoms with E-state index in [4.69, 9.17) is 0 Å². The molecule has 1 heterocycles. The van der Waals surface area contributed by atoms with Crippen molar-refractivity contribution in [2.45, 2.75) is 39.2 Å². The van der Waals surface area contributed by atoms with E-state index < -0.39 is 0 Å². The Labute approximate surface area is 100 Å². The SMILES string of the molecule is CCc1nn(CCC2CC2)c2ccc(F)cc12. The van der Waals surface area contributed by atoms with Gasteiger partial charge in [-0.1, -0.05) is 19.8 Å². The monoisotopic (exact) mass is 232 g/mol. The van der Waals surface area contributed by atoms with E-state index in [0.717, 1.165) is 35.5 Å². The molecule has 0 bridgehead atoms. The fraction of sp³-hybridized carbons (Fsp3) is 0.500. The molecule has 0 N–H and O–H groups in total. The van der Waals surface area contributed by atoms with E-state index in [9.17, 15) is 4.39 Å². The van der Waals surface area contributed by atoms with E-state index in [-0.39, 0.29) is 5.82 Å². The van der Waals surface area contributed by atoms with Crippen molar-refractivity contribution in [2.24, 2.45) is 5.92 Å². The van der Waals surface area contributed by atoms with Crippen molar-refractivity contribution in [3.8, 4) is 0 Å². The Bertz CT molecular complexity index is 540. The van der Waals surface area contributed by atoms with Crippen molar-refractivity contribution >= 4 is 10.9 Å². The molecule has 2 aromatic rings. The van der Waals surface area contributed by atoms with Gasteiger partial charge in [-0.05, 0) is 37.0 Å². The first-order chi connectivity index (χ1) is 8.28. The van der Waals surface area contributed by atoms with Crippen LogP contribution in [0.5, 0.6) is 0 Å². The van der Waals surface area contributed by atoms with Crippen LogP contribution in [0, 0.1) is 11.7 Å². The van der Waals surface area contributed by atoms with Gasteiger partial charge in [-0.15, -0.1) is 0 Å². The van der Waals surface area contributed by atoms with Crippen LogP contribution in [0.2, 0.25) is 0 Å². The summed E-state index contributed by atoms with van der Waals surface area (Å²) in [6.07, 6.45) is 4.80. The number of hydrogen-bond donors (Lipinski definition) is 0. The van der Waals surface area contributed by atoms with E-state index in [1.807, 2.05) is 10.7 Å². The van der Waals surface area contributed by atoms with Crippen molar-refractivity contribution in [3.05, 3.63) is 29.7 Å². The molecule has 90 valence electrons. The Hall–Kier alpha value is -1.38. The molecule has 17 heavy (non-hydrogen) atoms. The van der Waals surface area contributed by atoms with Gasteiger partial charge in [0.1, 0.15) is 5.82 Å². The number of benzene rings is 1. The molecule has 0 aliphatic heterocycles. The van der Waals surface area contributed by atoms with Crippen molar-refractivity contribution in [2.75, 3.05) is 0 Å². The first kappa shape index (κ1) is 10.8. The average molecular weight is 232 g/mol. The molecule has 0 atom stereocenters. The summed E-state index contributed by atoms with van der Waals surface area (Å²) in [5, 5.41) is 5.57. The summed E-state index contributed by atoms with van der Waals surface area (Å²) in [6, 6.07) is 4.98. The molecule has 1 aromatic heterocycles. The van der Waals surface area contributed by atoms with Gasteiger partial charge >= 0.3 is 0 Å². The van der Waals surface area contributed by atoms with E-state index in [1.54, 1.807) is 6.07 Å². The Kier molecular flexibility index (Phi) is 2.61. The lowest BCUT2D eigenvalue weighted by atomic mass is 10.2. The molecule has 1 aliphatic carbocycles. The fourth-order valence-corrected chi connectivity index (χ4v) is 2.36. The minimum Gasteiger partial charge on any atom is -0.265 e. The highest BCUT2D eigenvalue weighted by atomic mass is 19.1. The molecule has 3 heteroatoms. The normalized spacial score (nSPS) is 15.6. The summed E-state index contributed by atoms with van der Waals surface area (Å²) in [4.78, 5) is 0. The number of nitrogens with zero attached hydrogens (tertiary/aromatic N) is 2. The molecule has 0 saturated heterocycles. The standard InChI is InChI=1S/C14H17FN2/c1-2-13-12-9-11(15)5-6-14(12)17(16-13)8-7-10-3-4-10/h5-6,9-10H,2-4,7-8H2,1H3. The number of halogens is 1. The van der Waals surface area contributed by atoms with E-state index >= 15 is 0 Å². The lowest BCUT2D eigenvalue weighted by molar-refractivity contribution is 0.555. The molecule has 1 aliphatic rings. The zero-order chi connectivity index (χ0) is 11.8. The van der Waals surface area contributed by atoms with Crippen LogP contribution in [-0.4, -0.2) is 9.78 Å². The van der Waals surface area contributed by atoms with Crippen molar-refractivity contribution < 1.29 is 4.39 Å². The highest BCUT2D eigenvalue weighted by molar-refractivity contribution is 5.82. The molecule has 0 amide bonds. The van der Waals surface area contributed by atoms with Gasteiger partial charge in [0.25, 0.3) is 0 Å². The van der Waals surface area contributed by atoms with Crippen LogP contribution in [0.25, 0.3) is 10.9 Å². The molecule has 1 aromatic carbocycles. The summed E-state index contributed by atoms with van der Waals surface area (Å²) in [7, 11) is 0. The maximum atomic E-state index is 13.2. The molecular weight excluding hydrogens is 215 g/mol. The maximum absolute atomic E-state index is 13.2. The van der Waals surface area contributed by atoms with Gasteiger partial charge in [0.05, 0.1) is 11.2 Å². The van der Waals surface area contributed by atoms with Crippen molar-refractivity contribution in [1.29, 1.82) is 0 Å². The summed E-state index contributed by atoms with van der Waals surface area (Å²) >= 11 is 0. The molecule has 2 nitrogen and oxygen atoms in total. The van der Waals surface area contributed by atoms with Crippen molar-refractivity contribution in [3.63, 3.8) is 0 Å². The van der Waals surface area contributed by atoms with Gasteiger partial charge in [-0.2, -0.15) is 5.10 Å². The summed E-state index contributed by atoms with van der Waals surface area (Å²) in [6.45, 7) is 3.03. The van der Waals surface area contributed by atoms with Crippen LogP contribution in [-0.2, 0) is 13.0 Å². The van der Waals surface area contributed by atoms with E-state index in [1.165, 1.54) is 25.3 Å². The third-order valence-corrected chi connectivity index (χ3v) is 3.57. The summed E-state index contributed by atoms with van der Waals surface area (Å²) in [5.74, 6) is 0.730. The maximum Gasteiger partial charge on any atom is 0.124 e. The van der Waals surface area contributed by atoms with Gasteiger partial charge < -0.3 is 0 Å². The third-order valence-electron chi connectivity index (χ3n) is 3.57. The van der Waals surface area contributed by atoms with Gasteiger partial charge in [0, 0.05) is 11.9 Å². The molecule has 1 saturated carbocycles. The van der Waals surface area contributed by atoms with Gasteiger partial charge in [0.15, 0.2) is 0 Å². The minimum absolute atomic E-state index is 0.172. The van der Waals surface area contributed by atoms with Crippen LogP contribution < -0.4 is 0 Å². The van der Waals surface area contributed by atoms with Crippen LogP contribution >= 0.6 is 0 Å². The second-order valence-electron chi connectivity index (χ2n) is 4.92. The Morgan fingerprint density at radius 1 is 1.41 bits per heavy atom. The molecule has 3 rings (SSSR count). The third kappa shape index (κ3) is 2.06. The zero-order valence-electron chi connectivity index (χ0n) is 10.1. The number of rotatable bonds is 4.